The standard InChI is InChI=1S/C23H22N2O/c1-15-6-8-22-23(25-15)19-14-18(7-9-21(19)26-22)20-13-17(10-11-24-20)12-16-4-2-3-5-16/h6-11,13-14,16H,2-5,12H2,1H3/i1D3,12D2. The minimum absolute atomic E-state index is 0.0259. The van der Waals surface area contributed by atoms with Gasteiger partial charge in [-0.2, -0.15) is 0 Å². The molecule has 0 amide bonds. The summed E-state index contributed by atoms with van der Waals surface area (Å²) >= 11 is 0. The molecule has 0 aliphatic heterocycles. The van der Waals surface area contributed by atoms with Crippen molar-refractivity contribution in [3.8, 4) is 11.3 Å². The van der Waals surface area contributed by atoms with E-state index in [1.807, 2.05) is 24.3 Å². The Morgan fingerprint density at radius 3 is 2.88 bits per heavy atom. The summed E-state index contributed by atoms with van der Waals surface area (Å²) in [5.74, 6) is 0.0329. The molecule has 3 aromatic heterocycles. The van der Waals surface area contributed by atoms with E-state index < -0.39 is 13.2 Å². The van der Waals surface area contributed by atoms with Gasteiger partial charge < -0.3 is 4.42 Å². The Morgan fingerprint density at radius 1 is 1.12 bits per heavy atom. The molecule has 3 nitrogen and oxygen atoms in total. The van der Waals surface area contributed by atoms with Gasteiger partial charge >= 0.3 is 0 Å². The number of rotatable bonds is 3. The quantitative estimate of drug-likeness (QED) is 0.450. The molecule has 0 N–H and O–H groups in total. The van der Waals surface area contributed by atoms with Gasteiger partial charge in [0.15, 0.2) is 5.58 Å². The van der Waals surface area contributed by atoms with Crippen LogP contribution in [-0.2, 0) is 6.37 Å². The molecular weight excluding hydrogens is 320 g/mol. The average Bonchev–Trinajstić information content (AvgIpc) is 3.41. The number of hydrogen-bond donors (Lipinski definition) is 0. The highest BCUT2D eigenvalue weighted by Gasteiger charge is 2.16. The highest BCUT2D eigenvalue weighted by Crippen LogP contribution is 2.32. The molecule has 3 heteroatoms. The average molecular weight is 347 g/mol. The monoisotopic (exact) mass is 347 g/mol. The SMILES string of the molecule is [2H]C([2H])([2H])c1ccc2oc3ccc(-c4cc(C([2H])([2H])C5CCCC5)ccn4)cc3c2n1. The zero-order valence-corrected chi connectivity index (χ0v) is 14.3. The Hall–Kier alpha value is -2.68. The Morgan fingerprint density at radius 2 is 2.00 bits per heavy atom. The summed E-state index contributed by atoms with van der Waals surface area (Å²) in [6.45, 7) is -2.29. The number of aromatic nitrogens is 2. The van der Waals surface area contributed by atoms with Crippen molar-refractivity contribution in [1.82, 2.24) is 9.97 Å². The molecule has 3 heterocycles. The lowest BCUT2D eigenvalue weighted by Crippen LogP contribution is -1.99. The molecule has 1 saturated carbocycles. The molecule has 0 atom stereocenters. The van der Waals surface area contributed by atoms with Crippen LogP contribution < -0.4 is 0 Å². The summed E-state index contributed by atoms with van der Waals surface area (Å²) in [4.78, 5) is 8.81. The number of fused-ring (bicyclic) bond motifs is 3. The molecule has 26 heavy (non-hydrogen) atoms. The lowest BCUT2D eigenvalue weighted by atomic mass is 9.97. The van der Waals surface area contributed by atoms with E-state index in [-0.39, 0.29) is 11.6 Å². The smallest absolute Gasteiger partial charge is 0.153 e. The number of hydrogen-bond acceptors (Lipinski definition) is 3. The third kappa shape index (κ3) is 2.78. The van der Waals surface area contributed by atoms with E-state index >= 15 is 0 Å². The highest BCUT2D eigenvalue weighted by atomic mass is 16.3. The minimum Gasteiger partial charge on any atom is -0.454 e. The lowest BCUT2D eigenvalue weighted by molar-refractivity contribution is 0.546. The van der Waals surface area contributed by atoms with Gasteiger partial charge in [-0.05, 0) is 67.2 Å². The minimum atomic E-state index is -2.29. The molecule has 0 spiro atoms. The van der Waals surface area contributed by atoms with Gasteiger partial charge in [-0.15, -0.1) is 0 Å². The first-order chi connectivity index (χ1) is 14.7. The maximum atomic E-state index is 8.68. The Bertz CT molecular complexity index is 1270. The first-order valence-corrected chi connectivity index (χ1v) is 9.04. The zero-order valence-electron chi connectivity index (χ0n) is 19.3. The van der Waals surface area contributed by atoms with Gasteiger partial charge in [0.2, 0.25) is 0 Å². The van der Waals surface area contributed by atoms with Gasteiger partial charge in [0, 0.05) is 29.7 Å². The summed E-state index contributed by atoms with van der Waals surface area (Å²) in [6.07, 6.45) is 4.25. The van der Waals surface area contributed by atoms with Crippen molar-refractivity contribution in [3.05, 3.63) is 59.9 Å². The van der Waals surface area contributed by atoms with Gasteiger partial charge in [-0.3, -0.25) is 4.98 Å². The molecule has 5 rings (SSSR count). The van der Waals surface area contributed by atoms with Crippen molar-refractivity contribution in [2.45, 2.75) is 38.9 Å². The van der Waals surface area contributed by atoms with Crippen molar-refractivity contribution in [2.75, 3.05) is 0 Å². The number of pyridine rings is 2. The summed E-state index contributed by atoms with van der Waals surface area (Å²) < 4.78 is 46.1. The van der Waals surface area contributed by atoms with E-state index in [9.17, 15) is 0 Å². The van der Waals surface area contributed by atoms with Crippen LogP contribution >= 0.6 is 0 Å². The fourth-order valence-electron chi connectivity index (χ4n) is 3.79. The normalized spacial score (nSPS) is 19.2. The van der Waals surface area contributed by atoms with Crippen LogP contribution in [0.4, 0.5) is 0 Å². The van der Waals surface area contributed by atoms with Crippen molar-refractivity contribution in [2.24, 2.45) is 5.92 Å². The van der Waals surface area contributed by atoms with Gasteiger partial charge in [0.05, 0.1) is 5.69 Å². The summed E-state index contributed by atoms with van der Waals surface area (Å²) in [5.41, 5.74) is 3.79. The second kappa shape index (κ2) is 6.24. The van der Waals surface area contributed by atoms with Crippen molar-refractivity contribution in [3.63, 3.8) is 0 Å². The van der Waals surface area contributed by atoms with Crippen molar-refractivity contribution >= 4 is 22.1 Å². The van der Waals surface area contributed by atoms with E-state index in [0.29, 0.717) is 33.3 Å². The highest BCUT2D eigenvalue weighted by molar-refractivity contribution is 6.03. The second-order valence-electron chi connectivity index (χ2n) is 6.91. The molecule has 1 fully saturated rings. The van der Waals surface area contributed by atoms with Crippen LogP contribution in [0.2, 0.25) is 0 Å². The van der Waals surface area contributed by atoms with Crippen molar-refractivity contribution < 1.29 is 11.3 Å². The third-order valence-corrected chi connectivity index (χ3v) is 5.09. The van der Waals surface area contributed by atoms with Crippen LogP contribution in [0, 0.1) is 12.8 Å². The molecule has 0 unspecified atom stereocenters. The van der Waals surface area contributed by atoms with Gasteiger partial charge in [-0.25, -0.2) is 4.98 Å². The van der Waals surface area contributed by atoms with E-state index in [4.69, 9.17) is 11.3 Å². The fourth-order valence-corrected chi connectivity index (χ4v) is 3.79. The number of aryl methyl sites for hydroxylation is 1. The molecule has 1 aromatic carbocycles. The molecule has 1 aliphatic rings. The predicted molar refractivity (Wildman–Crippen MR) is 105 cm³/mol. The van der Waals surface area contributed by atoms with Gasteiger partial charge in [-0.1, -0.05) is 25.7 Å². The van der Waals surface area contributed by atoms with E-state index in [2.05, 4.69) is 9.97 Å². The fraction of sp³-hybridized carbons (Fsp3) is 0.304. The Kier molecular flexibility index (Phi) is 2.67. The Labute approximate surface area is 160 Å². The van der Waals surface area contributed by atoms with Gasteiger partial charge in [0.1, 0.15) is 11.1 Å². The third-order valence-electron chi connectivity index (χ3n) is 5.09. The summed E-state index contributed by atoms with van der Waals surface area (Å²) in [5, 5.41) is 0.713. The molecular formula is C23H22N2O. The first-order valence-electron chi connectivity index (χ1n) is 11.5. The van der Waals surface area contributed by atoms with Crippen molar-refractivity contribution in [1.29, 1.82) is 0 Å². The van der Waals surface area contributed by atoms with E-state index in [0.717, 1.165) is 31.2 Å². The zero-order chi connectivity index (χ0) is 21.8. The maximum Gasteiger partial charge on any atom is 0.153 e. The molecule has 1 aliphatic carbocycles. The van der Waals surface area contributed by atoms with Crippen LogP contribution in [-0.4, -0.2) is 9.97 Å². The first kappa shape index (κ1) is 11.1. The molecule has 4 aromatic rings. The van der Waals surface area contributed by atoms with Crippen LogP contribution in [0.5, 0.6) is 0 Å². The van der Waals surface area contributed by atoms with Crippen LogP contribution in [0.1, 0.15) is 43.8 Å². The maximum absolute atomic E-state index is 8.68. The van der Waals surface area contributed by atoms with Crippen LogP contribution in [0.25, 0.3) is 33.3 Å². The number of benzene rings is 1. The van der Waals surface area contributed by atoms with Crippen LogP contribution in [0.15, 0.2) is 53.1 Å². The van der Waals surface area contributed by atoms with Gasteiger partial charge in [0.25, 0.3) is 0 Å². The molecule has 0 saturated heterocycles. The van der Waals surface area contributed by atoms with E-state index in [1.54, 1.807) is 18.3 Å². The second-order valence-corrected chi connectivity index (χ2v) is 6.91. The molecule has 0 bridgehead atoms. The summed E-state index contributed by atoms with van der Waals surface area (Å²) in [6, 6.07) is 12.3. The topological polar surface area (TPSA) is 38.9 Å². The number of nitrogens with zero attached hydrogens (tertiary/aromatic N) is 2. The summed E-state index contributed by atoms with van der Waals surface area (Å²) in [7, 11) is 0. The Balaban J connectivity index is 1.60. The molecule has 130 valence electrons. The largest absolute Gasteiger partial charge is 0.454 e. The van der Waals surface area contributed by atoms with Crippen LogP contribution in [0.3, 0.4) is 0 Å². The van der Waals surface area contributed by atoms with E-state index in [1.165, 1.54) is 6.07 Å². The lowest BCUT2D eigenvalue weighted by Gasteiger charge is -2.10. The number of furan rings is 1. The predicted octanol–water partition coefficient (Wildman–Crippen LogP) is 6.08. The molecule has 0 radical (unpaired) electrons.